The zero-order valence-electron chi connectivity index (χ0n) is 8.08. The third-order valence-electron chi connectivity index (χ3n) is 2.25. The first kappa shape index (κ1) is 9.89. The average Bonchev–Trinajstić information content (AvgIpc) is 2.65. The maximum atomic E-state index is 11.4. The number of hydrogen-bond acceptors (Lipinski definition) is 3. The summed E-state index contributed by atoms with van der Waals surface area (Å²) in [6, 6.07) is 0. The summed E-state index contributed by atoms with van der Waals surface area (Å²) in [7, 11) is 0. The van der Waals surface area contributed by atoms with Crippen LogP contribution in [0, 0.1) is 5.92 Å². The lowest BCUT2D eigenvalue weighted by atomic mass is 9.99. The summed E-state index contributed by atoms with van der Waals surface area (Å²) in [6.45, 7) is 3.99. The molecule has 1 N–H and O–H groups in total. The number of nitrogens with one attached hydrogen (secondary N) is 1. The van der Waals surface area contributed by atoms with Gasteiger partial charge in [0.1, 0.15) is 5.78 Å². The fourth-order valence-electron chi connectivity index (χ4n) is 1.07. The summed E-state index contributed by atoms with van der Waals surface area (Å²) in [5.74, 6) is 0.484. The second-order valence-electron chi connectivity index (χ2n) is 3.24. The molecule has 0 aliphatic carbocycles. The van der Waals surface area contributed by atoms with Gasteiger partial charge in [0, 0.05) is 12.3 Å². The van der Waals surface area contributed by atoms with Crippen molar-refractivity contribution >= 4 is 5.78 Å². The van der Waals surface area contributed by atoms with Crippen molar-refractivity contribution in [1.82, 2.24) is 15.4 Å². The Kier molecular flexibility index (Phi) is 3.61. The molecule has 0 aliphatic rings. The average molecular weight is 181 g/mol. The van der Waals surface area contributed by atoms with Crippen LogP contribution < -0.4 is 0 Å². The number of aromatic nitrogens is 3. The SMILES string of the molecule is CCC(C)C(=O)CCc1cn[nH]n1. The highest BCUT2D eigenvalue weighted by atomic mass is 16.1. The van der Waals surface area contributed by atoms with E-state index in [9.17, 15) is 4.79 Å². The van der Waals surface area contributed by atoms with Crippen molar-refractivity contribution in [2.75, 3.05) is 0 Å². The Labute approximate surface area is 77.7 Å². The van der Waals surface area contributed by atoms with E-state index in [0.29, 0.717) is 18.6 Å². The van der Waals surface area contributed by atoms with Gasteiger partial charge in [-0.2, -0.15) is 15.4 Å². The van der Waals surface area contributed by atoms with Crippen molar-refractivity contribution in [2.45, 2.75) is 33.1 Å². The van der Waals surface area contributed by atoms with Crippen molar-refractivity contribution in [2.24, 2.45) is 5.92 Å². The number of nitrogens with zero attached hydrogens (tertiary/aromatic N) is 2. The molecule has 4 heteroatoms. The largest absolute Gasteiger partial charge is 0.299 e. The lowest BCUT2D eigenvalue weighted by Gasteiger charge is -2.05. The summed E-state index contributed by atoms with van der Waals surface area (Å²) in [6.07, 6.45) is 3.84. The summed E-state index contributed by atoms with van der Waals surface area (Å²) in [5.41, 5.74) is 0.858. The van der Waals surface area contributed by atoms with Crippen LogP contribution in [0.15, 0.2) is 6.20 Å². The van der Waals surface area contributed by atoms with Crippen molar-refractivity contribution < 1.29 is 4.79 Å². The molecule has 1 rings (SSSR count). The Balaban J connectivity index is 2.31. The molecule has 0 saturated carbocycles. The third-order valence-corrected chi connectivity index (χ3v) is 2.25. The molecule has 0 radical (unpaired) electrons. The molecule has 1 unspecified atom stereocenters. The first-order valence-corrected chi connectivity index (χ1v) is 4.61. The fourth-order valence-corrected chi connectivity index (χ4v) is 1.07. The zero-order valence-corrected chi connectivity index (χ0v) is 8.08. The van der Waals surface area contributed by atoms with Gasteiger partial charge in [0.15, 0.2) is 0 Å². The molecule has 0 aromatic carbocycles. The molecule has 1 atom stereocenters. The molecule has 0 amide bonds. The number of aromatic amines is 1. The quantitative estimate of drug-likeness (QED) is 0.746. The first-order valence-electron chi connectivity index (χ1n) is 4.61. The maximum Gasteiger partial charge on any atom is 0.136 e. The predicted molar refractivity (Wildman–Crippen MR) is 49.2 cm³/mol. The smallest absolute Gasteiger partial charge is 0.136 e. The van der Waals surface area contributed by atoms with Gasteiger partial charge >= 0.3 is 0 Å². The molecule has 0 bridgehead atoms. The number of carbonyl (C=O) groups is 1. The van der Waals surface area contributed by atoms with Gasteiger partial charge in [-0.05, 0) is 12.8 Å². The van der Waals surface area contributed by atoms with E-state index in [1.54, 1.807) is 6.20 Å². The number of Topliss-reactive ketones (excluding diaryl/α,β-unsaturated/α-hetero) is 1. The summed E-state index contributed by atoms with van der Waals surface area (Å²) in [4.78, 5) is 11.4. The minimum atomic E-state index is 0.173. The van der Waals surface area contributed by atoms with Crippen LogP contribution in [0.25, 0.3) is 0 Å². The van der Waals surface area contributed by atoms with E-state index in [2.05, 4.69) is 15.4 Å². The van der Waals surface area contributed by atoms with Gasteiger partial charge in [-0.1, -0.05) is 13.8 Å². The molecule has 72 valence electrons. The van der Waals surface area contributed by atoms with Crippen LogP contribution in [-0.2, 0) is 11.2 Å². The van der Waals surface area contributed by atoms with Crippen LogP contribution in [0.2, 0.25) is 0 Å². The minimum Gasteiger partial charge on any atom is -0.299 e. The molecule has 0 saturated heterocycles. The normalized spacial score (nSPS) is 12.8. The summed E-state index contributed by atoms with van der Waals surface area (Å²) in [5, 5.41) is 10.1. The van der Waals surface area contributed by atoms with Crippen molar-refractivity contribution in [1.29, 1.82) is 0 Å². The third kappa shape index (κ3) is 2.97. The van der Waals surface area contributed by atoms with Crippen LogP contribution in [0.1, 0.15) is 32.4 Å². The molecule has 1 aromatic heterocycles. The van der Waals surface area contributed by atoms with Gasteiger partial charge in [-0.15, -0.1) is 0 Å². The number of ketones is 1. The number of hydrogen-bond donors (Lipinski definition) is 1. The van der Waals surface area contributed by atoms with Gasteiger partial charge < -0.3 is 0 Å². The zero-order chi connectivity index (χ0) is 9.68. The van der Waals surface area contributed by atoms with Crippen LogP contribution in [0.3, 0.4) is 0 Å². The van der Waals surface area contributed by atoms with Crippen molar-refractivity contribution in [3.05, 3.63) is 11.9 Å². The molecule has 1 aromatic rings. The molecular formula is C9H15N3O. The van der Waals surface area contributed by atoms with E-state index < -0.39 is 0 Å². The van der Waals surface area contributed by atoms with E-state index in [4.69, 9.17) is 0 Å². The highest BCUT2D eigenvalue weighted by molar-refractivity contribution is 5.80. The lowest BCUT2D eigenvalue weighted by Crippen LogP contribution is -2.10. The van der Waals surface area contributed by atoms with E-state index >= 15 is 0 Å². The number of H-pyrrole nitrogens is 1. The molecule has 0 spiro atoms. The molecular weight excluding hydrogens is 166 g/mol. The second kappa shape index (κ2) is 4.74. The van der Waals surface area contributed by atoms with E-state index in [0.717, 1.165) is 12.1 Å². The van der Waals surface area contributed by atoms with Gasteiger partial charge in [0.25, 0.3) is 0 Å². The Morgan fingerprint density at radius 2 is 2.46 bits per heavy atom. The highest BCUT2D eigenvalue weighted by Gasteiger charge is 2.10. The number of aryl methyl sites for hydroxylation is 1. The van der Waals surface area contributed by atoms with Crippen molar-refractivity contribution in [3.8, 4) is 0 Å². The predicted octanol–water partition coefficient (Wildman–Crippen LogP) is 1.35. The fraction of sp³-hybridized carbons (Fsp3) is 0.667. The Morgan fingerprint density at radius 1 is 1.69 bits per heavy atom. The monoisotopic (exact) mass is 181 g/mol. The molecule has 4 nitrogen and oxygen atoms in total. The Bertz CT molecular complexity index is 256. The van der Waals surface area contributed by atoms with Gasteiger partial charge in [0.05, 0.1) is 11.9 Å². The topological polar surface area (TPSA) is 58.6 Å². The van der Waals surface area contributed by atoms with E-state index in [1.807, 2.05) is 13.8 Å². The van der Waals surface area contributed by atoms with Crippen LogP contribution in [0.4, 0.5) is 0 Å². The van der Waals surface area contributed by atoms with E-state index in [-0.39, 0.29) is 5.92 Å². The van der Waals surface area contributed by atoms with Gasteiger partial charge in [-0.3, -0.25) is 4.79 Å². The Morgan fingerprint density at radius 3 is 3.00 bits per heavy atom. The summed E-state index contributed by atoms with van der Waals surface area (Å²) < 4.78 is 0. The van der Waals surface area contributed by atoms with E-state index in [1.165, 1.54) is 0 Å². The van der Waals surface area contributed by atoms with Crippen LogP contribution in [0.5, 0.6) is 0 Å². The van der Waals surface area contributed by atoms with Gasteiger partial charge in [-0.25, -0.2) is 0 Å². The van der Waals surface area contributed by atoms with Gasteiger partial charge in [0.2, 0.25) is 0 Å². The summed E-state index contributed by atoms with van der Waals surface area (Å²) >= 11 is 0. The molecule has 1 heterocycles. The Hall–Kier alpha value is -1.19. The molecule has 0 fully saturated rings. The number of carbonyl (C=O) groups excluding carboxylic acids is 1. The molecule has 0 aliphatic heterocycles. The number of rotatable bonds is 5. The minimum absolute atomic E-state index is 0.173. The van der Waals surface area contributed by atoms with Crippen molar-refractivity contribution in [3.63, 3.8) is 0 Å². The maximum absolute atomic E-state index is 11.4. The van der Waals surface area contributed by atoms with Crippen LogP contribution >= 0.6 is 0 Å². The first-order chi connectivity index (χ1) is 6.24. The lowest BCUT2D eigenvalue weighted by molar-refractivity contribution is -0.122. The van der Waals surface area contributed by atoms with Crippen LogP contribution in [-0.4, -0.2) is 21.2 Å². The second-order valence-corrected chi connectivity index (χ2v) is 3.24. The molecule has 13 heavy (non-hydrogen) atoms. The highest BCUT2D eigenvalue weighted by Crippen LogP contribution is 2.07. The standard InChI is InChI=1S/C9H15N3O/c1-3-7(2)9(13)5-4-8-6-10-12-11-8/h6-7H,3-5H2,1-2H3,(H,10,11,12).